The molecule has 0 unspecified atom stereocenters. The summed E-state index contributed by atoms with van der Waals surface area (Å²) in [4.78, 5) is 27.4. The Kier molecular flexibility index (Phi) is 4.97. The van der Waals surface area contributed by atoms with E-state index in [9.17, 15) is 9.59 Å². The molecule has 1 fully saturated rings. The number of benzene rings is 2. The lowest BCUT2D eigenvalue weighted by Gasteiger charge is -2.26. The van der Waals surface area contributed by atoms with Gasteiger partial charge in [0, 0.05) is 37.3 Å². The minimum absolute atomic E-state index is 0.0202. The second-order valence-corrected chi connectivity index (χ2v) is 7.34. The Hall–Kier alpha value is -2.28. The fraction of sp³-hybridized carbons (Fsp3) is 0.300. The molecule has 134 valence electrons. The zero-order chi connectivity index (χ0) is 17.9. The van der Waals surface area contributed by atoms with Crippen LogP contribution in [0, 0.1) is 0 Å². The van der Waals surface area contributed by atoms with E-state index < -0.39 is 0 Å². The van der Waals surface area contributed by atoms with Crippen LogP contribution >= 0.6 is 11.3 Å². The summed E-state index contributed by atoms with van der Waals surface area (Å²) in [5, 5.41) is 0. The average molecular weight is 368 g/mol. The number of carbonyl (C=O) groups excluding carboxylic acids is 1. The number of carbonyl (C=O) groups is 1. The van der Waals surface area contributed by atoms with Crippen LogP contribution in [0.15, 0.2) is 53.3 Å². The number of morpholine rings is 1. The third kappa shape index (κ3) is 3.49. The first-order chi connectivity index (χ1) is 12.7. The van der Waals surface area contributed by atoms with Crippen LogP contribution in [0.2, 0.25) is 0 Å². The van der Waals surface area contributed by atoms with Crippen molar-refractivity contribution in [1.29, 1.82) is 0 Å². The van der Waals surface area contributed by atoms with Gasteiger partial charge < -0.3 is 4.74 Å². The standard InChI is InChI=1S/C20H20N2O3S/c23-19(15-4-2-1-3-5-15)16-6-7-17-18(14-16)26-20(24)22(17)9-8-21-10-12-25-13-11-21/h1-7,14H,8-13H2. The molecule has 0 atom stereocenters. The Morgan fingerprint density at radius 1 is 1.00 bits per heavy atom. The number of fused-ring (bicyclic) bond motifs is 1. The van der Waals surface area contributed by atoms with E-state index in [0.717, 1.165) is 43.1 Å². The van der Waals surface area contributed by atoms with Crippen molar-refractivity contribution >= 4 is 27.3 Å². The lowest BCUT2D eigenvalue weighted by molar-refractivity contribution is 0.0365. The van der Waals surface area contributed by atoms with Crippen LogP contribution in [0.25, 0.3) is 10.2 Å². The first kappa shape index (κ1) is 17.1. The monoisotopic (exact) mass is 368 g/mol. The van der Waals surface area contributed by atoms with Crippen molar-refractivity contribution < 1.29 is 9.53 Å². The molecule has 26 heavy (non-hydrogen) atoms. The van der Waals surface area contributed by atoms with Crippen molar-refractivity contribution in [2.45, 2.75) is 6.54 Å². The van der Waals surface area contributed by atoms with Gasteiger partial charge in [0.15, 0.2) is 5.78 Å². The van der Waals surface area contributed by atoms with Crippen LogP contribution in [-0.2, 0) is 11.3 Å². The Labute approximate surface area is 155 Å². The highest BCUT2D eigenvalue weighted by molar-refractivity contribution is 7.16. The van der Waals surface area contributed by atoms with Gasteiger partial charge in [-0.05, 0) is 18.2 Å². The van der Waals surface area contributed by atoms with Crippen molar-refractivity contribution in [2.24, 2.45) is 0 Å². The molecule has 0 spiro atoms. The maximum atomic E-state index is 12.6. The van der Waals surface area contributed by atoms with Crippen LogP contribution < -0.4 is 4.87 Å². The van der Waals surface area contributed by atoms with Crippen LogP contribution in [0.5, 0.6) is 0 Å². The molecule has 2 heterocycles. The van der Waals surface area contributed by atoms with E-state index in [4.69, 9.17) is 4.74 Å². The summed E-state index contributed by atoms with van der Waals surface area (Å²) in [6.07, 6.45) is 0. The smallest absolute Gasteiger partial charge is 0.308 e. The third-order valence-electron chi connectivity index (χ3n) is 4.71. The molecule has 6 heteroatoms. The Morgan fingerprint density at radius 3 is 2.54 bits per heavy atom. The van der Waals surface area contributed by atoms with Gasteiger partial charge in [-0.25, -0.2) is 0 Å². The summed E-state index contributed by atoms with van der Waals surface area (Å²) in [6.45, 7) is 4.82. The number of rotatable bonds is 5. The van der Waals surface area contributed by atoms with Gasteiger partial charge in [0.05, 0.1) is 23.4 Å². The Morgan fingerprint density at radius 2 is 1.77 bits per heavy atom. The highest BCUT2D eigenvalue weighted by atomic mass is 32.1. The van der Waals surface area contributed by atoms with Crippen LogP contribution in [0.1, 0.15) is 15.9 Å². The van der Waals surface area contributed by atoms with Gasteiger partial charge in [-0.2, -0.15) is 0 Å². The van der Waals surface area contributed by atoms with Gasteiger partial charge in [-0.3, -0.25) is 19.1 Å². The van der Waals surface area contributed by atoms with Crippen molar-refractivity contribution in [1.82, 2.24) is 9.47 Å². The molecule has 4 rings (SSSR count). The number of ketones is 1. The largest absolute Gasteiger partial charge is 0.379 e. The number of hydrogen-bond donors (Lipinski definition) is 0. The molecule has 0 radical (unpaired) electrons. The predicted molar refractivity (Wildman–Crippen MR) is 103 cm³/mol. The van der Waals surface area contributed by atoms with Gasteiger partial charge in [0.25, 0.3) is 0 Å². The molecule has 0 bridgehead atoms. The summed E-state index contributed by atoms with van der Waals surface area (Å²) < 4.78 is 8.03. The zero-order valence-corrected chi connectivity index (χ0v) is 15.2. The average Bonchev–Trinajstić information content (AvgIpc) is 3.01. The zero-order valence-electron chi connectivity index (χ0n) is 14.4. The molecule has 1 saturated heterocycles. The van der Waals surface area contributed by atoms with Crippen LogP contribution in [0.4, 0.5) is 0 Å². The fourth-order valence-electron chi connectivity index (χ4n) is 3.24. The minimum Gasteiger partial charge on any atom is -0.379 e. The molecule has 5 nitrogen and oxygen atoms in total. The predicted octanol–water partition coefficient (Wildman–Crippen LogP) is 2.63. The number of ether oxygens (including phenoxy) is 1. The molecule has 0 amide bonds. The number of aromatic nitrogens is 1. The van der Waals surface area contributed by atoms with Gasteiger partial charge in [-0.1, -0.05) is 41.7 Å². The fourth-order valence-corrected chi connectivity index (χ4v) is 4.20. The molecular weight excluding hydrogens is 348 g/mol. The van der Waals surface area contributed by atoms with E-state index in [1.807, 2.05) is 53.1 Å². The second kappa shape index (κ2) is 7.53. The van der Waals surface area contributed by atoms with Crippen molar-refractivity contribution in [3.05, 3.63) is 69.3 Å². The number of thiazole rings is 1. The molecule has 2 aromatic carbocycles. The maximum Gasteiger partial charge on any atom is 0.308 e. The first-order valence-electron chi connectivity index (χ1n) is 8.75. The van der Waals surface area contributed by atoms with Crippen molar-refractivity contribution in [2.75, 3.05) is 32.8 Å². The van der Waals surface area contributed by atoms with Gasteiger partial charge >= 0.3 is 4.87 Å². The lowest BCUT2D eigenvalue weighted by Crippen LogP contribution is -2.38. The highest BCUT2D eigenvalue weighted by Crippen LogP contribution is 2.21. The molecule has 1 aliphatic rings. The summed E-state index contributed by atoms with van der Waals surface area (Å²) >= 11 is 1.20. The number of nitrogens with zero attached hydrogens (tertiary/aromatic N) is 2. The van der Waals surface area contributed by atoms with Crippen molar-refractivity contribution in [3.63, 3.8) is 0 Å². The summed E-state index contributed by atoms with van der Waals surface area (Å²) in [7, 11) is 0. The van der Waals surface area contributed by atoms with E-state index in [1.54, 1.807) is 0 Å². The van der Waals surface area contributed by atoms with Crippen molar-refractivity contribution in [3.8, 4) is 0 Å². The molecule has 1 aliphatic heterocycles. The lowest BCUT2D eigenvalue weighted by atomic mass is 10.0. The Balaban J connectivity index is 1.58. The summed E-state index contributed by atoms with van der Waals surface area (Å²) in [5.74, 6) is -0.0202. The highest BCUT2D eigenvalue weighted by Gasteiger charge is 2.15. The van der Waals surface area contributed by atoms with Gasteiger partial charge in [0.2, 0.25) is 0 Å². The normalized spacial score (nSPS) is 15.4. The molecule has 3 aromatic rings. The van der Waals surface area contributed by atoms with E-state index in [1.165, 1.54) is 11.3 Å². The third-order valence-corrected chi connectivity index (χ3v) is 5.65. The topological polar surface area (TPSA) is 51.5 Å². The SMILES string of the molecule is O=C(c1ccccc1)c1ccc2c(c1)sc(=O)n2CCN1CCOCC1. The second-order valence-electron chi connectivity index (χ2n) is 6.35. The molecule has 0 saturated carbocycles. The molecule has 1 aromatic heterocycles. The van der Waals surface area contributed by atoms with Gasteiger partial charge in [0.1, 0.15) is 0 Å². The number of hydrogen-bond acceptors (Lipinski definition) is 5. The van der Waals surface area contributed by atoms with E-state index in [-0.39, 0.29) is 10.7 Å². The maximum absolute atomic E-state index is 12.6. The Bertz CT molecular complexity index is 972. The summed E-state index contributed by atoms with van der Waals surface area (Å²) in [5.41, 5.74) is 2.18. The first-order valence-corrected chi connectivity index (χ1v) is 9.57. The van der Waals surface area contributed by atoms with E-state index in [2.05, 4.69) is 4.90 Å². The van der Waals surface area contributed by atoms with Crippen LogP contribution in [0.3, 0.4) is 0 Å². The minimum atomic E-state index is -0.0202. The van der Waals surface area contributed by atoms with Gasteiger partial charge in [-0.15, -0.1) is 0 Å². The quantitative estimate of drug-likeness (QED) is 0.650. The molecule has 0 aliphatic carbocycles. The van der Waals surface area contributed by atoms with E-state index >= 15 is 0 Å². The van der Waals surface area contributed by atoms with E-state index in [0.29, 0.717) is 17.7 Å². The van der Waals surface area contributed by atoms with Crippen LogP contribution in [-0.4, -0.2) is 48.1 Å². The summed E-state index contributed by atoms with van der Waals surface area (Å²) in [6, 6.07) is 14.8. The molecule has 0 N–H and O–H groups in total. The molecular formula is C20H20N2O3S.